The van der Waals surface area contributed by atoms with Crippen molar-refractivity contribution < 1.29 is 4.79 Å². The fourth-order valence-corrected chi connectivity index (χ4v) is 4.79. The molecule has 0 aliphatic carbocycles. The molecule has 0 saturated carbocycles. The average molecular weight is 374 g/mol. The normalized spacial score (nSPS) is 20.7. The van der Waals surface area contributed by atoms with Crippen molar-refractivity contribution in [2.24, 2.45) is 0 Å². The van der Waals surface area contributed by atoms with Crippen molar-refractivity contribution in [1.82, 2.24) is 14.5 Å². The fraction of sp³-hybridized carbons (Fsp3) is 0.550. The molecule has 1 saturated heterocycles. The van der Waals surface area contributed by atoms with E-state index < -0.39 is 0 Å². The number of amides is 1. The van der Waals surface area contributed by atoms with Gasteiger partial charge in [-0.15, -0.1) is 0 Å². The quantitative estimate of drug-likeness (QED) is 0.603. The van der Waals surface area contributed by atoms with E-state index in [-0.39, 0.29) is 29.6 Å². The van der Waals surface area contributed by atoms with E-state index in [4.69, 9.17) is 0 Å². The zero-order valence-corrected chi connectivity index (χ0v) is 16.8. The standard InChI is InChI=1S/C20H27N3O2S/c1-13(2)22-19(25)16-10-5-6-11-17(16)21-20(22)26-12-18(24)23-14(3)8-7-9-15(23)4/h5-6,10-11,13-15H,7-9,12H2,1-4H3. The van der Waals surface area contributed by atoms with Gasteiger partial charge in [-0.3, -0.25) is 14.2 Å². The number of piperidine rings is 1. The van der Waals surface area contributed by atoms with Gasteiger partial charge >= 0.3 is 0 Å². The van der Waals surface area contributed by atoms with E-state index in [1.165, 1.54) is 18.2 Å². The number of fused-ring (bicyclic) bond motifs is 1. The summed E-state index contributed by atoms with van der Waals surface area (Å²) in [6, 6.07) is 7.94. The van der Waals surface area contributed by atoms with Crippen LogP contribution in [0, 0.1) is 0 Å². The highest BCUT2D eigenvalue weighted by atomic mass is 32.2. The van der Waals surface area contributed by atoms with Gasteiger partial charge in [-0.25, -0.2) is 4.98 Å². The van der Waals surface area contributed by atoms with Crippen molar-refractivity contribution in [1.29, 1.82) is 0 Å². The number of likely N-dealkylation sites (tertiary alicyclic amines) is 1. The highest BCUT2D eigenvalue weighted by Gasteiger charge is 2.29. The van der Waals surface area contributed by atoms with Crippen molar-refractivity contribution in [3.63, 3.8) is 0 Å². The van der Waals surface area contributed by atoms with Gasteiger partial charge in [0, 0.05) is 18.1 Å². The second-order valence-electron chi connectivity index (χ2n) is 7.40. The number of rotatable bonds is 4. The first-order chi connectivity index (χ1) is 12.4. The van der Waals surface area contributed by atoms with E-state index in [0.29, 0.717) is 21.8 Å². The lowest BCUT2D eigenvalue weighted by Crippen LogP contribution is -2.48. The molecule has 0 bridgehead atoms. The van der Waals surface area contributed by atoms with Gasteiger partial charge in [-0.05, 0) is 59.1 Å². The molecule has 2 unspecified atom stereocenters. The molecule has 2 atom stereocenters. The van der Waals surface area contributed by atoms with Gasteiger partial charge < -0.3 is 4.90 Å². The van der Waals surface area contributed by atoms with Crippen molar-refractivity contribution in [3.8, 4) is 0 Å². The minimum absolute atomic E-state index is 0.00922. The number of nitrogens with zero attached hydrogens (tertiary/aromatic N) is 3. The van der Waals surface area contributed by atoms with Crippen LogP contribution in [0.2, 0.25) is 0 Å². The maximum absolute atomic E-state index is 12.9. The number of aromatic nitrogens is 2. The lowest BCUT2D eigenvalue weighted by atomic mass is 9.98. The van der Waals surface area contributed by atoms with E-state index in [2.05, 4.69) is 18.8 Å². The molecule has 1 aliphatic rings. The van der Waals surface area contributed by atoms with Crippen molar-refractivity contribution in [2.45, 2.75) is 70.2 Å². The monoisotopic (exact) mass is 373 g/mol. The fourth-order valence-electron chi connectivity index (χ4n) is 3.80. The van der Waals surface area contributed by atoms with E-state index in [1.807, 2.05) is 36.9 Å². The predicted octanol–water partition coefficient (Wildman–Crippen LogP) is 3.86. The minimum Gasteiger partial charge on any atom is -0.337 e. The van der Waals surface area contributed by atoms with Crippen LogP contribution in [-0.4, -0.2) is 38.2 Å². The SMILES string of the molecule is CC1CCCC(C)N1C(=O)CSc1nc2ccccc2c(=O)n1C(C)C. The summed E-state index contributed by atoms with van der Waals surface area (Å²) in [7, 11) is 0. The summed E-state index contributed by atoms with van der Waals surface area (Å²) in [5, 5.41) is 1.24. The molecule has 5 nitrogen and oxygen atoms in total. The van der Waals surface area contributed by atoms with Crippen LogP contribution in [0.4, 0.5) is 0 Å². The van der Waals surface area contributed by atoms with Crippen molar-refractivity contribution in [3.05, 3.63) is 34.6 Å². The third-order valence-corrected chi connectivity index (χ3v) is 6.04. The van der Waals surface area contributed by atoms with E-state index in [9.17, 15) is 9.59 Å². The summed E-state index contributed by atoms with van der Waals surface area (Å²) in [6.07, 6.45) is 3.30. The molecule has 140 valence electrons. The number of carbonyl (C=O) groups excluding carboxylic acids is 1. The summed E-state index contributed by atoms with van der Waals surface area (Å²) in [5.74, 6) is 0.444. The van der Waals surface area contributed by atoms with Crippen molar-refractivity contribution in [2.75, 3.05) is 5.75 Å². The highest BCUT2D eigenvalue weighted by Crippen LogP contribution is 2.26. The molecule has 6 heteroatoms. The molecule has 0 N–H and O–H groups in total. The molecule has 1 amide bonds. The number of benzene rings is 1. The molecule has 0 spiro atoms. The Balaban J connectivity index is 1.87. The Hall–Kier alpha value is -1.82. The molecule has 1 aromatic carbocycles. The summed E-state index contributed by atoms with van der Waals surface area (Å²) in [6.45, 7) is 8.18. The second-order valence-corrected chi connectivity index (χ2v) is 8.34. The highest BCUT2D eigenvalue weighted by molar-refractivity contribution is 7.99. The molecular weight excluding hydrogens is 346 g/mol. The van der Waals surface area contributed by atoms with E-state index in [0.717, 1.165) is 12.8 Å². The van der Waals surface area contributed by atoms with Gasteiger partial charge in [0.2, 0.25) is 5.91 Å². The van der Waals surface area contributed by atoms with Gasteiger partial charge in [0.25, 0.3) is 5.56 Å². The van der Waals surface area contributed by atoms with Crippen molar-refractivity contribution >= 4 is 28.6 Å². The van der Waals surface area contributed by atoms with E-state index in [1.54, 1.807) is 10.6 Å². The number of para-hydroxylation sites is 1. The topological polar surface area (TPSA) is 55.2 Å². The van der Waals surface area contributed by atoms with Crippen LogP contribution >= 0.6 is 11.8 Å². The summed E-state index contributed by atoms with van der Waals surface area (Å²) in [4.78, 5) is 32.3. The van der Waals surface area contributed by atoms with Crippen LogP contribution in [-0.2, 0) is 4.79 Å². The van der Waals surface area contributed by atoms with Crippen LogP contribution in [0.25, 0.3) is 10.9 Å². The van der Waals surface area contributed by atoms with Crippen LogP contribution in [0.3, 0.4) is 0 Å². The number of hydrogen-bond acceptors (Lipinski definition) is 4. The van der Waals surface area contributed by atoms with Crippen LogP contribution in [0.1, 0.15) is 53.0 Å². The van der Waals surface area contributed by atoms with Gasteiger partial charge in [0.15, 0.2) is 5.16 Å². The second kappa shape index (κ2) is 7.82. The molecular formula is C20H27N3O2S. The smallest absolute Gasteiger partial charge is 0.262 e. The van der Waals surface area contributed by atoms with E-state index >= 15 is 0 Å². The molecule has 26 heavy (non-hydrogen) atoms. The Kier molecular flexibility index (Phi) is 5.70. The van der Waals surface area contributed by atoms with Gasteiger partial charge in [0.1, 0.15) is 0 Å². The summed E-state index contributed by atoms with van der Waals surface area (Å²) in [5.41, 5.74) is 0.643. The largest absolute Gasteiger partial charge is 0.337 e. The third-order valence-electron chi connectivity index (χ3n) is 5.10. The number of thioether (sulfide) groups is 1. The predicted molar refractivity (Wildman–Crippen MR) is 107 cm³/mol. The maximum Gasteiger partial charge on any atom is 0.262 e. The molecule has 1 aliphatic heterocycles. The van der Waals surface area contributed by atoms with Gasteiger partial charge in [-0.2, -0.15) is 0 Å². The zero-order chi connectivity index (χ0) is 18.8. The summed E-state index contributed by atoms with van der Waals surface area (Å²) >= 11 is 1.37. The Morgan fingerprint density at radius 3 is 2.54 bits per heavy atom. The molecule has 0 radical (unpaired) electrons. The zero-order valence-electron chi connectivity index (χ0n) is 15.9. The van der Waals surface area contributed by atoms with Crippen LogP contribution in [0.15, 0.2) is 34.2 Å². The first-order valence-corrected chi connectivity index (χ1v) is 10.3. The lowest BCUT2D eigenvalue weighted by Gasteiger charge is -2.39. The average Bonchev–Trinajstić information content (AvgIpc) is 2.59. The molecule has 1 aromatic heterocycles. The Morgan fingerprint density at radius 2 is 1.88 bits per heavy atom. The number of carbonyl (C=O) groups is 1. The molecule has 2 aromatic rings. The third kappa shape index (κ3) is 3.65. The summed E-state index contributed by atoms with van der Waals surface area (Å²) < 4.78 is 1.70. The van der Waals surface area contributed by atoms with Crippen LogP contribution in [0.5, 0.6) is 0 Å². The lowest BCUT2D eigenvalue weighted by molar-refractivity contribution is -0.134. The first-order valence-electron chi connectivity index (χ1n) is 9.35. The number of hydrogen-bond donors (Lipinski definition) is 0. The molecule has 1 fully saturated rings. The first kappa shape index (κ1) is 19.0. The Morgan fingerprint density at radius 1 is 1.23 bits per heavy atom. The molecule has 3 rings (SSSR count). The minimum atomic E-state index is -0.0414. The van der Waals surface area contributed by atoms with Crippen LogP contribution < -0.4 is 5.56 Å². The molecule has 2 heterocycles. The Labute approximate surface area is 158 Å². The maximum atomic E-state index is 12.9. The Bertz CT molecular complexity index is 852. The van der Waals surface area contributed by atoms with Gasteiger partial charge in [0.05, 0.1) is 16.7 Å². The van der Waals surface area contributed by atoms with Gasteiger partial charge in [-0.1, -0.05) is 23.9 Å².